The number of carboxylic acids is 1. The van der Waals surface area contributed by atoms with Crippen LogP contribution in [0.2, 0.25) is 0 Å². The molecule has 1 unspecified atom stereocenters. The Bertz CT molecular complexity index is 1210. The van der Waals surface area contributed by atoms with Gasteiger partial charge in [0.25, 0.3) is 0 Å². The molecular weight excluding hydrogens is 374 g/mol. The molecule has 3 aromatic carbocycles. The molecule has 0 aliphatic rings. The smallest absolute Gasteiger partial charge is 0.310 e. The minimum atomic E-state index is -0.921. The summed E-state index contributed by atoms with van der Waals surface area (Å²) in [6, 6.07) is 25.1. The molecule has 0 aliphatic heterocycles. The van der Waals surface area contributed by atoms with Crippen LogP contribution >= 0.6 is 0 Å². The average molecular weight is 395 g/mol. The number of carbonyl (C=O) groups is 2. The number of carbonyl (C=O) groups excluding carboxylic acids is 1. The van der Waals surface area contributed by atoms with Crippen LogP contribution in [0.15, 0.2) is 85.1 Å². The first-order valence-corrected chi connectivity index (χ1v) is 9.82. The lowest BCUT2D eigenvalue weighted by Crippen LogP contribution is -2.11. The molecule has 0 aliphatic carbocycles. The SMILES string of the molecule is CC(C(=O)O)c1cnc(C(=O)c2ccc(Cc3ccccc3)cc2)c2ccccc12. The van der Waals surface area contributed by atoms with Gasteiger partial charge in [-0.3, -0.25) is 14.6 Å². The van der Waals surface area contributed by atoms with E-state index in [9.17, 15) is 14.7 Å². The number of benzene rings is 3. The molecule has 0 saturated heterocycles. The van der Waals surface area contributed by atoms with Gasteiger partial charge >= 0.3 is 5.97 Å². The van der Waals surface area contributed by atoms with Crippen LogP contribution in [0.4, 0.5) is 0 Å². The van der Waals surface area contributed by atoms with Gasteiger partial charge in [-0.25, -0.2) is 0 Å². The van der Waals surface area contributed by atoms with Crippen molar-refractivity contribution in [3.63, 3.8) is 0 Å². The Balaban J connectivity index is 1.66. The Labute approximate surface area is 174 Å². The highest BCUT2D eigenvalue weighted by Gasteiger charge is 2.21. The zero-order valence-electron chi connectivity index (χ0n) is 16.6. The van der Waals surface area contributed by atoms with Crippen molar-refractivity contribution < 1.29 is 14.7 Å². The molecule has 1 N–H and O–H groups in total. The fourth-order valence-electron chi connectivity index (χ4n) is 3.62. The molecule has 0 fully saturated rings. The molecule has 4 heteroatoms. The van der Waals surface area contributed by atoms with Gasteiger partial charge in [0.15, 0.2) is 0 Å². The predicted molar refractivity (Wildman–Crippen MR) is 117 cm³/mol. The molecule has 148 valence electrons. The van der Waals surface area contributed by atoms with Gasteiger partial charge in [0.2, 0.25) is 5.78 Å². The van der Waals surface area contributed by atoms with Crippen molar-refractivity contribution in [1.82, 2.24) is 4.98 Å². The number of aliphatic carboxylic acids is 1. The first kappa shape index (κ1) is 19.5. The fourth-order valence-corrected chi connectivity index (χ4v) is 3.62. The quantitative estimate of drug-likeness (QED) is 0.453. The number of aromatic nitrogens is 1. The Hall–Kier alpha value is -3.79. The molecule has 4 aromatic rings. The third-order valence-electron chi connectivity index (χ3n) is 5.35. The summed E-state index contributed by atoms with van der Waals surface area (Å²) in [6.45, 7) is 1.62. The van der Waals surface area contributed by atoms with Gasteiger partial charge in [-0.15, -0.1) is 0 Å². The standard InChI is InChI=1S/C26H21NO3/c1-17(26(29)30)23-16-27-24(22-10-6-5-9-21(22)23)25(28)20-13-11-19(12-14-20)15-18-7-3-2-4-8-18/h2-14,16-17H,15H2,1H3,(H,29,30). The maximum atomic E-state index is 13.2. The number of hydrogen-bond donors (Lipinski definition) is 1. The van der Waals surface area contributed by atoms with E-state index in [4.69, 9.17) is 0 Å². The van der Waals surface area contributed by atoms with Gasteiger partial charge < -0.3 is 5.11 Å². The normalized spacial score (nSPS) is 11.9. The third kappa shape index (κ3) is 3.85. The number of ketones is 1. The van der Waals surface area contributed by atoms with Crippen LogP contribution in [0.5, 0.6) is 0 Å². The molecule has 30 heavy (non-hydrogen) atoms. The molecule has 4 rings (SSSR count). The van der Waals surface area contributed by atoms with Gasteiger partial charge in [0, 0.05) is 17.1 Å². The molecule has 4 nitrogen and oxygen atoms in total. The second-order valence-electron chi connectivity index (χ2n) is 7.36. The van der Waals surface area contributed by atoms with Crippen LogP contribution in [-0.2, 0) is 11.2 Å². The summed E-state index contributed by atoms with van der Waals surface area (Å²) in [5, 5.41) is 10.8. The first-order chi connectivity index (χ1) is 14.5. The highest BCUT2D eigenvalue weighted by atomic mass is 16.4. The number of fused-ring (bicyclic) bond motifs is 1. The number of hydrogen-bond acceptors (Lipinski definition) is 3. The van der Waals surface area contributed by atoms with Crippen molar-refractivity contribution in [2.24, 2.45) is 0 Å². The zero-order valence-corrected chi connectivity index (χ0v) is 16.6. The highest BCUT2D eigenvalue weighted by molar-refractivity contribution is 6.15. The van der Waals surface area contributed by atoms with Crippen LogP contribution in [0.3, 0.4) is 0 Å². The van der Waals surface area contributed by atoms with Gasteiger partial charge in [0.1, 0.15) is 5.69 Å². The van der Waals surface area contributed by atoms with Crippen molar-refractivity contribution in [2.45, 2.75) is 19.3 Å². The zero-order chi connectivity index (χ0) is 21.1. The van der Waals surface area contributed by atoms with Crippen LogP contribution in [-0.4, -0.2) is 21.8 Å². The maximum absolute atomic E-state index is 13.2. The Morgan fingerprint density at radius 3 is 2.10 bits per heavy atom. The van der Waals surface area contributed by atoms with E-state index in [2.05, 4.69) is 17.1 Å². The van der Waals surface area contributed by atoms with E-state index in [0.29, 0.717) is 22.2 Å². The summed E-state index contributed by atoms with van der Waals surface area (Å²) in [5.74, 6) is -1.80. The Morgan fingerprint density at radius 2 is 1.43 bits per heavy atom. The average Bonchev–Trinajstić information content (AvgIpc) is 2.78. The fraction of sp³-hybridized carbons (Fsp3) is 0.115. The monoisotopic (exact) mass is 395 g/mol. The van der Waals surface area contributed by atoms with E-state index in [-0.39, 0.29) is 5.78 Å². The summed E-state index contributed by atoms with van der Waals surface area (Å²) < 4.78 is 0. The van der Waals surface area contributed by atoms with E-state index >= 15 is 0 Å². The summed E-state index contributed by atoms with van der Waals surface area (Å²) in [7, 11) is 0. The van der Waals surface area contributed by atoms with Crippen LogP contribution in [0, 0.1) is 0 Å². The van der Waals surface area contributed by atoms with E-state index in [1.54, 1.807) is 6.92 Å². The summed E-state index contributed by atoms with van der Waals surface area (Å²) >= 11 is 0. The maximum Gasteiger partial charge on any atom is 0.310 e. The molecule has 1 aromatic heterocycles. The van der Waals surface area contributed by atoms with Gasteiger partial charge in [-0.2, -0.15) is 0 Å². The van der Waals surface area contributed by atoms with Crippen molar-refractivity contribution >= 4 is 22.5 Å². The molecule has 0 bridgehead atoms. The lowest BCUT2D eigenvalue weighted by Gasteiger charge is -2.13. The lowest BCUT2D eigenvalue weighted by molar-refractivity contribution is -0.138. The van der Waals surface area contributed by atoms with Gasteiger partial charge in [-0.1, -0.05) is 78.9 Å². The Morgan fingerprint density at radius 1 is 0.833 bits per heavy atom. The van der Waals surface area contributed by atoms with Gasteiger partial charge in [0.05, 0.1) is 5.92 Å². The van der Waals surface area contributed by atoms with Crippen molar-refractivity contribution in [3.05, 3.63) is 113 Å². The van der Waals surface area contributed by atoms with Crippen LogP contribution < -0.4 is 0 Å². The second kappa shape index (κ2) is 8.29. The number of rotatable bonds is 6. The highest BCUT2D eigenvalue weighted by Crippen LogP contribution is 2.28. The lowest BCUT2D eigenvalue weighted by atomic mass is 9.94. The molecular formula is C26H21NO3. The molecule has 0 saturated carbocycles. The largest absolute Gasteiger partial charge is 0.481 e. The summed E-state index contributed by atoms with van der Waals surface area (Å²) in [5.41, 5.74) is 3.84. The van der Waals surface area contributed by atoms with Gasteiger partial charge in [-0.05, 0) is 35.4 Å². The van der Waals surface area contributed by atoms with E-state index < -0.39 is 11.9 Å². The number of pyridine rings is 1. The van der Waals surface area contributed by atoms with Crippen molar-refractivity contribution in [1.29, 1.82) is 0 Å². The minimum Gasteiger partial charge on any atom is -0.481 e. The van der Waals surface area contributed by atoms with Crippen LogP contribution in [0.25, 0.3) is 10.8 Å². The van der Waals surface area contributed by atoms with Crippen molar-refractivity contribution in [2.75, 3.05) is 0 Å². The minimum absolute atomic E-state index is 0.174. The van der Waals surface area contributed by atoms with Crippen LogP contribution in [0.1, 0.15) is 45.6 Å². The van der Waals surface area contributed by atoms with E-state index in [1.807, 2.05) is 66.7 Å². The number of carboxylic acid groups (broad SMARTS) is 1. The molecule has 1 heterocycles. The summed E-state index contributed by atoms with van der Waals surface area (Å²) in [4.78, 5) is 29.0. The number of nitrogens with zero attached hydrogens (tertiary/aromatic N) is 1. The third-order valence-corrected chi connectivity index (χ3v) is 5.35. The topological polar surface area (TPSA) is 67.3 Å². The first-order valence-electron chi connectivity index (χ1n) is 9.82. The molecule has 0 amide bonds. The predicted octanol–water partition coefficient (Wildman–Crippen LogP) is 5.24. The van der Waals surface area contributed by atoms with E-state index in [1.165, 1.54) is 11.8 Å². The summed E-state index contributed by atoms with van der Waals surface area (Å²) in [6.07, 6.45) is 2.32. The molecule has 0 radical (unpaired) electrons. The van der Waals surface area contributed by atoms with E-state index in [0.717, 1.165) is 17.4 Å². The Kier molecular flexibility index (Phi) is 5.40. The second-order valence-corrected chi connectivity index (χ2v) is 7.36. The van der Waals surface area contributed by atoms with Crippen molar-refractivity contribution in [3.8, 4) is 0 Å². The molecule has 0 spiro atoms. The molecule has 1 atom stereocenters.